The molecule has 0 saturated carbocycles. The van der Waals surface area contributed by atoms with E-state index in [1.54, 1.807) is 6.92 Å². The first-order chi connectivity index (χ1) is 7.90. The van der Waals surface area contributed by atoms with Gasteiger partial charge in [-0.15, -0.1) is 0 Å². The fraction of sp³-hybridized carbons (Fsp3) is 0.300. The number of nitro benzene ring substituents is 1. The molecule has 0 aliphatic carbocycles. The van der Waals surface area contributed by atoms with Gasteiger partial charge in [0.2, 0.25) is 0 Å². The van der Waals surface area contributed by atoms with Crippen LogP contribution in [0.5, 0.6) is 5.75 Å². The summed E-state index contributed by atoms with van der Waals surface area (Å²) >= 11 is 0. The standard InChI is InChI=1S/C10H12N2O5/c1-5-3-4-6(12(15)16)7(9(5)13)8(11)10(14)17-2/h3-4,8,13H,11H2,1-2H3/t8-/m1/s1. The monoisotopic (exact) mass is 240 g/mol. The molecule has 0 radical (unpaired) electrons. The molecule has 1 aromatic carbocycles. The van der Waals surface area contributed by atoms with E-state index >= 15 is 0 Å². The van der Waals surface area contributed by atoms with Crippen molar-refractivity contribution >= 4 is 11.7 Å². The number of carbonyl (C=O) groups is 1. The second-order valence-corrected chi connectivity index (χ2v) is 3.42. The molecule has 3 N–H and O–H groups in total. The molecule has 0 heterocycles. The molecule has 0 aromatic heterocycles. The van der Waals surface area contributed by atoms with Crippen LogP contribution in [0.3, 0.4) is 0 Å². The molecule has 0 fully saturated rings. The molecular weight excluding hydrogens is 228 g/mol. The summed E-state index contributed by atoms with van der Waals surface area (Å²) in [6.07, 6.45) is 0. The molecule has 1 atom stereocenters. The van der Waals surface area contributed by atoms with Crippen LogP contribution in [0.1, 0.15) is 17.2 Å². The second kappa shape index (κ2) is 4.79. The number of phenolic OH excluding ortho intramolecular Hbond substituents is 1. The minimum atomic E-state index is -1.39. The van der Waals surface area contributed by atoms with E-state index in [0.717, 1.165) is 7.11 Å². The van der Waals surface area contributed by atoms with Crippen molar-refractivity contribution in [2.75, 3.05) is 7.11 Å². The Morgan fingerprint density at radius 1 is 1.59 bits per heavy atom. The Kier molecular flexibility index (Phi) is 3.64. The Bertz CT molecular complexity index is 472. The maximum Gasteiger partial charge on any atom is 0.327 e. The second-order valence-electron chi connectivity index (χ2n) is 3.42. The van der Waals surface area contributed by atoms with E-state index in [1.807, 2.05) is 0 Å². The molecule has 7 heteroatoms. The highest BCUT2D eigenvalue weighted by atomic mass is 16.6. The number of esters is 1. The predicted molar refractivity (Wildman–Crippen MR) is 58.4 cm³/mol. The van der Waals surface area contributed by atoms with Crippen LogP contribution >= 0.6 is 0 Å². The number of ether oxygens (including phenoxy) is 1. The number of phenols is 1. The van der Waals surface area contributed by atoms with Crippen molar-refractivity contribution in [1.29, 1.82) is 0 Å². The van der Waals surface area contributed by atoms with E-state index in [2.05, 4.69) is 4.74 Å². The number of aryl methyl sites for hydroxylation is 1. The molecule has 0 unspecified atom stereocenters. The molecule has 1 aromatic rings. The largest absolute Gasteiger partial charge is 0.507 e. The summed E-state index contributed by atoms with van der Waals surface area (Å²) < 4.78 is 4.40. The Balaban J connectivity index is 3.42. The summed E-state index contributed by atoms with van der Waals surface area (Å²) in [6, 6.07) is 1.18. The zero-order valence-electron chi connectivity index (χ0n) is 9.34. The van der Waals surface area contributed by atoms with Gasteiger partial charge in [0.05, 0.1) is 17.6 Å². The number of nitro groups is 1. The summed E-state index contributed by atoms with van der Waals surface area (Å²) in [4.78, 5) is 21.3. The lowest BCUT2D eigenvalue weighted by Gasteiger charge is -2.13. The van der Waals surface area contributed by atoms with Crippen LogP contribution in [0.25, 0.3) is 0 Å². The van der Waals surface area contributed by atoms with Crippen molar-refractivity contribution < 1.29 is 19.6 Å². The Hall–Kier alpha value is -2.15. The Morgan fingerprint density at radius 2 is 2.18 bits per heavy atom. The minimum Gasteiger partial charge on any atom is -0.507 e. The summed E-state index contributed by atoms with van der Waals surface area (Å²) in [5.74, 6) is -1.22. The molecule has 0 aliphatic rings. The maximum atomic E-state index is 11.3. The van der Waals surface area contributed by atoms with Gasteiger partial charge in [-0.05, 0) is 18.6 Å². The first-order valence-corrected chi connectivity index (χ1v) is 4.70. The van der Waals surface area contributed by atoms with Crippen LogP contribution in [0.4, 0.5) is 5.69 Å². The zero-order chi connectivity index (χ0) is 13.2. The fourth-order valence-corrected chi connectivity index (χ4v) is 1.42. The van der Waals surface area contributed by atoms with Gasteiger partial charge in [0.25, 0.3) is 5.69 Å². The van der Waals surface area contributed by atoms with Gasteiger partial charge in [0, 0.05) is 6.07 Å². The van der Waals surface area contributed by atoms with Crippen LogP contribution in [-0.4, -0.2) is 23.1 Å². The van der Waals surface area contributed by atoms with Crippen LogP contribution < -0.4 is 5.73 Å². The van der Waals surface area contributed by atoms with E-state index in [4.69, 9.17) is 5.73 Å². The van der Waals surface area contributed by atoms with Gasteiger partial charge in [0.15, 0.2) is 0 Å². The fourth-order valence-electron chi connectivity index (χ4n) is 1.42. The van der Waals surface area contributed by atoms with E-state index in [9.17, 15) is 20.0 Å². The Labute approximate surface area is 97.0 Å². The van der Waals surface area contributed by atoms with Crippen molar-refractivity contribution in [1.82, 2.24) is 0 Å². The van der Waals surface area contributed by atoms with Gasteiger partial charge in [-0.3, -0.25) is 10.1 Å². The highest BCUT2D eigenvalue weighted by molar-refractivity contribution is 5.80. The van der Waals surface area contributed by atoms with Gasteiger partial charge in [0.1, 0.15) is 11.8 Å². The molecular formula is C10H12N2O5. The molecule has 0 spiro atoms. The van der Waals surface area contributed by atoms with Crippen LogP contribution in [0.15, 0.2) is 12.1 Å². The molecule has 0 amide bonds. The first kappa shape index (κ1) is 12.9. The number of hydrogen-bond donors (Lipinski definition) is 2. The summed E-state index contributed by atoms with van der Waals surface area (Å²) in [7, 11) is 1.11. The van der Waals surface area contributed by atoms with Crippen molar-refractivity contribution in [3.05, 3.63) is 33.4 Å². The highest BCUT2D eigenvalue weighted by Crippen LogP contribution is 2.35. The molecule has 7 nitrogen and oxygen atoms in total. The lowest BCUT2D eigenvalue weighted by atomic mass is 10.0. The van der Waals surface area contributed by atoms with Gasteiger partial charge < -0.3 is 15.6 Å². The lowest BCUT2D eigenvalue weighted by Crippen LogP contribution is -2.23. The van der Waals surface area contributed by atoms with E-state index in [0.29, 0.717) is 5.56 Å². The molecule has 1 rings (SSSR count). The number of rotatable bonds is 3. The molecule has 0 saturated heterocycles. The molecule has 92 valence electrons. The molecule has 0 bridgehead atoms. The molecule has 17 heavy (non-hydrogen) atoms. The third kappa shape index (κ3) is 2.34. The van der Waals surface area contributed by atoms with E-state index < -0.39 is 22.6 Å². The number of nitrogens with two attached hydrogens (primary N) is 1. The number of hydrogen-bond acceptors (Lipinski definition) is 6. The number of aromatic hydroxyl groups is 1. The average molecular weight is 240 g/mol. The Morgan fingerprint density at radius 3 is 2.65 bits per heavy atom. The summed E-state index contributed by atoms with van der Waals surface area (Å²) in [5.41, 5.74) is 5.27. The van der Waals surface area contributed by atoms with E-state index in [-0.39, 0.29) is 11.3 Å². The topological polar surface area (TPSA) is 116 Å². The number of benzene rings is 1. The van der Waals surface area contributed by atoms with E-state index in [1.165, 1.54) is 12.1 Å². The number of methoxy groups -OCH3 is 1. The SMILES string of the molecule is COC(=O)[C@H](N)c1c([N+](=O)[O-])ccc(C)c1O. The van der Waals surface area contributed by atoms with Crippen LogP contribution in [0.2, 0.25) is 0 Å². The van der Waals surface area contributed by atoms with Crippen molar-refractivity contribution in [3.63, 3.8) is 0 Å². The highest BCUT2D eigenvalue weighted by Gasteiger charge is 2.29. The lowest BCUT2D eigenvalue weighted by molar-refractivity contribution is -0.385. The quantitative estimate of drug-likeness (QED) is 0.458. The number of nitrogens with zero attached hydrogens (tertiary/aromatic N) is 1. The van der Waals surface area contributed by atoms with Crippen molar-refractivity contribution in [2.45, 2.75) is 13.0 Å². The third-order valence-electron chi connectivity index (χ3n) is 2.36. The van der Waals surface area contributed by atoms with Gasteiger partial charge in [-0.2, -0.15) is 0 Å². The molecule has 0 aliphatic heterocycles. The van der Waals surface area contributed by atoms with Crippen LogP contribution in [-0.2, 0) is 9.53 Å². The summed E-state index contributed by atoms with van der Waals surface area (Å²) in [5, 5.41) is 20.5. The third-order valence-corrected chi connectivity index (χ3v) is 2.36. The average Bonchev–Trinajstić information content (AvgIpc) is 2.30. The van der Waals surface area contributed by atoms with Crippen LogP contribution in [0, 0.1) is 17.0 Å². The number of carbonyl (C=O) groups excluding carboxylic acids is 1. The normalized spacial score (nSPS) is 11.9. The predicted octanol–water partition coefficient (Wildman–Crippen LogP) is 0.782. The van der Waals surface area contributed by atoms with Gasteiger partial charge >= 0.3 is 5.97 Å². The summed E-state index contributed by atoms with van der Waals surface area (Å²) in [6.45, 7) is 1.55. The van der Waals surface area contributed by atoms with Crippen molar-refractivity contribution in [2.24, 2.45) is 5.73 Å². The van der Waals surface area contributed by atoms with Crippen molar-refractivity contribution in [3.8, 4) is 5.75 Å². The van der Waals surface area contributed by atoms with Gasteiger partial charge in [-0.1, -0.05) is 0 Å². The maximum absolute atomic E-state index is 11.3. The first-order valence-electron chi connectivity index (χ1n) is 4.70. The zero-order valence-corrected chi connectivity index (χ0v) is 9.34. The van der Waals surface area contributed by atoms with Gasteiger partial charge in [-0.25, -0.2) is 4.79 Å². The minimum absolute atomic E-state index is 0.234. The smallest absolute Gasteiger partial charge is 0.327 e.